The maximum Gasteiger partial charge on any atom is 0.252 e. The molecule has 1 aromatic heterocycles. The van der Waals surface area contributed by atoms with Crippen molar-refractivity contribution in [1.82, 2.24) is 5.32 Å². The molecule has 0 spiro atoms. The van der Waals surface area contributed by atoms with Gasteiger partial charge in [-0.15, -0.1) is 24.0 Å². The lowest BCUT2D eigenvalue weighted by atomic mass is 10.2. The van der Waals surface area contributed by atoms with Gasteiger partial charge in [0.25, 0.3) is 5.91 Å². The summed E-state index contributed by atoms with van der Waals surface area (Å²) in [5.41, 5.74) is 1.87. The highest BCUT2D eigenvalue weighted by atomic mass is 79.9. The second-order valence-electron chi connectivity index (χ2n) is 4.30. The van der Waals surface area contributed by atoms with Crippen LogP contribution in [0.25, 0.3) is 0 Å². The smallest absolute Gasteiger partial charge is 0.252 e. The number of thiophene rings is 1. The lowest BCUT2D eigenvalue weighted by Gasteiger charge is -2.06. The number of benzene rings is 1. The topological polar surface area (TPSA) is 29.1 Å². The number of carbonyl (C=O) groups excluding carboxylic acids is 1. The van der Waals surface area contributed by atoms with Crippen LogP contribution in [0.15, 0.2) is 33.6 Å². The normalized spacial score (nSPS) is 10.5. The summed E-state index contributed by atoms with van der Waals surface area (Å²) in [6.45, 7) is 4.73. The summed E-state index contributed by atoms with van der Waals surface area (Å²) >= 11 is 9.39. The summed E-state index contributed by atoms with van der Waals surface area (Å²) in [5, 5.41) is 2.92. The number of halogens is 1. The first kappa shape index (κ1) is 14.6. The fraction of sp³-hybridized carbons (Fsp3) is 0.214. The SMILES string of the molecule is Cc1cc(CNC(=O)c2ccc(Br)cc2S)sc1C. The molecule has 5 heteroatoms. The molecule has 0 aliphatic rings. The van der Waals surface area contributed by atoms with E-state index >= 15 is 0 Å². The second-order valence-corrected chi connectivity index (χ2v) is 7.03. The second kappa shape index (κ2) is 6.11. The van der Waals surface area contributed by atoms with Crippen LogP contribution >= 0.6 is 39.9 Å². The molecule has 0 aliphatic heterocycles. The molecule has 19 heavy (non-hydrogen) atoms. The van der Waals surface area contributed by atoms with E-state index in [1.54, 1.807) is 17.4 Å². The molecule has 100 valence electrons. The number of aryl methyl sites for hydroxylation is 2. The van der Waals surface area contributed by atoms with E-state index in [1.807, 2.05) is 12.1 Å². The summed E-state index contributed by atoms with van der Waals surface area (Å²) in [7, 11) is 0. The van der Waals surface area contributed by atoms with Crippen LogP contribution in [-0.2, 0) is 6.54 Å². The van der Waals surface area contributed by atoms with Gasteiger partial charge in [-0.05, 0) is 43.7 Å². The molecule has 0 radical (unpaired) electrons. The third-order valence-corrected chi connectivity index (χ3v) is 4.86. The molecular formula is C14H14BrNOS2. The zero-order valence-corrected chi connectivity index (χ0v) is 14.0. The fourth-order valence-electron chi connectivity index (χ4n) is 1.70. The lowest BCUT2D eigenvalue weighted by molar-refractivity contribution is 0.0948. The van der Waals surface area contributed by atoms with Crippen LogP contribution in [0.5, 0.6) is 0 Å². The van der Waals surface area contributed by atoms with Crippen molar-refractivity contribution in [3.8, 4) is 0 Å². The molecule has 1 N–H and O–H groups in total. The van der Waals surface area contributed by atoms with Gasteiger partial charge in [-0.2, -0.15) is 0 Å². The van der Waals surface area contributed by atoms with E-state index in [9.17, 15) is 4.79 Å². The van der Waals surface area contributed by atoms with Crippen molar-refractivity contribution < 1.29 is 4.79 Å². The zero-order chi connectivity index (χ0) is 14.0. The number of nitrogens with one attached hydrogen (secondary N) is 1. The van der Waals surface area contributed by atoms with Crippen molar-refractivity contribution in [3.63, 3.8) is 0 Å². The molecule has 0 aliphatic carbocycles. The molecular weight excluding hydrogens is 342 g/mol. The Kier molecular flexibility index (Phi) is 4.71. The number of carbonyl (C=O) groups is 1. The Labute approximate surface area is 130 Å². The van der Waals surface area contributed by atoms with Gasteiger partial charge in [0.05, 0.1) is 12.1 Å². The minimum atomic E-state index is -0.0961. The Bertz CT molecular complexity index is 602. The quantitative estimate of drug-likeness (QED) is 0.787. The van der Waals surface area contributed by atoms with Gasteiger partial charge in [0.15, 0.2) is 0 Å². The summed E-state index contributed by atoms with van der Waals surface area (Å²) in [6, 6.07) is 7.54. The van der Waals surface area contributed by atoms with E-state index in [-0.39, 0.29) is 5.91 Å². The van der Waals surface area contributed by atoms with Crippen LogP contribution in [0.4, 0.5) is 0 Å². The molecule has 0 atom stereocenters. The molecule has 0 saturated heterocycles. The zero-order valence-electron chi connectivity index (χ0n) is 10.7. The fourth-order valence-corrected chi connectivity index (χ4v) is 3.54. The minimum Gasteiger partial charge on any atom is -0.347 e. The van der Waals surface area contributed by atoms with Crippen LogP contribution < -0.4 is 5.32 Å². The highest BCUT2D eigenvalue weighted by Gasteiger charge is 2.10. The lowest BCUT2D eigenvalue weighted by Crippen LogP contribution is -2.22. The molecule has 0 unspecified atom stereocenters. The van der Waals surface area contributed by atoms with Crippen molar-refractivity contribution in [1.29, 1.82) is 0 Å². The van der Waals surface area contributed by atoms with Crippen LogP contribution in [-0.4, -0.2) is 5.91 Å². The third kappa shape index (κ3) is 3.61. The van der Waals surface area contributed by atoms with Gasteiger partial charge in [0.1, 0.15) is 0 Å². The van der Waals surface area contributed by atoms with Crippen molar-refractivity contribution in [2.75, 3.05) is 0 Å². The molecule has 2 aromatic rings. The number of thiol groups is 1. The molecule has 0 bridgehead atoms. The van der Waals surface area contributed by atoms with Gasteiger partial charge in [-0.3, -0.25) is 4.79 Å². The number of amides is 1. The molecule has 0 saturated carbocycles. The molecule has 1 amide bonds. The average Bonchev–Trinajstić information content (AvgIpc) is 2.66. The van der Waals surface area contributed by atoms with Crippen molar-refractivity contribution >= 4 is 45.8 Å². The first-order chi connectivity index (χ1) is 8.97. The van der Waals surface area contributed by atoms with Gasteiger partial charge in [0, 0.05) is 19.1 Å². The molecule has 0 fully saturated rings. The van der Waals surface area contributed by atoms with E-state index in [1.165, 1.54) is 15.3 Å². The monoisotopic (exact) mass is 355 g/mol. The molecule has 2 nitrogen and oxygen atoms in total. The predicted octanol–water partition coefficient (Wildman–Crippen LogP) is 4.35. The van der Waals surface area contributed by atoms with Gasteiger partial charge >= 0.3 is 0 Å². The van der Waals surface area contributed by atoms with Crippen molar-refractivity contribution in [3.05, 3.63) is 49.6 Å². The molecule has 2 rings (SSSR count). The van der Waals surface area contributed by atoms with Crippen LogP contribution in [0.1, 0.15) is 25.7 Å². The van der Waals surface area contributed by atoms with Gasteiger partial charge in [-0.1, -0.05) is 15.9 Å². The number of rotatable bonds is 3. The highest BCUT2D eigenvalue weighted by molar-refractivity contribution is 9.10. The maximum atomic E-state index is 12.1. The summed E-state index contributed by atoms with van der Waals surface area (Å²) in [5.74, 6) is -0.0961. The van der Waals surface area contributed by atoms with Gasteiger partial charge in [-0.25, -0.2) is 0 Å². The van der Waals surface area contributed by atoms with Gasteiger partial charge < -0.3 is 5.32 Å². The van der Waals surface area contributed by atoms with E-state index in [2.05, 4.69) is 53.8 Å². The summed E-state index contributed by atoms with van der Waals surface area (Å²) < 4.78 is 0.915. The van der Waals surface area contributed by atoms with Gasteiger partial charge in [0.2, 0.25) is 0 Å². The van der Waals surface area contributed by atoms with Crippen LogP contribution in [0, 0.1) is 13.8 Å². The third-order valence-electron chi connectivity index (χ3n) is 2.84. The first-order valence-corrected chi connectivity index (χ1v) is 7.85. The standard InChI is InChI=1S/C14H14BrNOS2/c1-8-5-11(19-9(8)2)7-16-14(17)12-4-3-10(15)6-13(12)18/h3-6,18H,7H2,1-2H3,(H,16,17). The minimum absolute atomic E-state index is 0.0961. The number of hydrogen-bond donors (Lipinski definition) is 2. The Morgan fingerprint density at radius 1 is 1.37 bits per heavy atom. The highest BCUT2D eigenvalue weighted by Crippen LogP contribution is 2.22. The summed E-state index contributed by atoms with van der Waals surface area (Å²) in [4.78, 5) is 15.2. The first-order valence-electron chi connectivity index (χ1n) is 5.80. The largest absolute Gasteiger partial charge is 0.347 e. The Hall–Kier alpha value is -0.780. The summed E-state index contributed by atoms with van der Waals surface area (Å²) in [6.07, 6.45) is 0. The number of hydrogen-bond acceptors (Lipinski definition) is 3. The van der Waals surface area contributed by atoms with E-state index in [0.29, 0.717) is 17.0 Å². The molecule has 1 aromatic carbocycles. The van der Waals surface area contributed by atoms with Crippen molar-refractivity contribution in [2.45, 2.75) is 25.3 Å². The molecule has 1 heterocycles. The Morgan fingerprint density at radius 2 is 2.11 bits per heavy atom. The predicted molar refractivity (Wildman–Crippen MR) is 86.4 cm³/mol. The van der Waals surface area contributed by atoms with E-state index in [4.69, 9.17) is 0 Å². The maximum absolute atomic E-state index is 12.1. The average molecular weight is 356 g/mol. The van der Waals surface area contributed by atoms with E-state index in [0.717, 1.165) is 4.47 Å². The van der Waals surface area contributed by atoms with Crippen molar-refractivity contribution in [2.24, 2.45) is 0 Å². The van der Waals surface area contributed by atoms with Crippen LogP contribution in [0.2, 0.25) is 0 Å². The van der Waals surface area contributed by atoms with Crippen LogP contribution in [0.3, 0.4) is 0 Å². The Balaban J connectivity index is 2.05. The Morgan fingerprint density at radius 3 is 2.68 bits per heavy atom. The van der Waals surface area contributed by atoms with E-state index < -0.39 is 0 Å².